The third-order valence-electron chi connectivity index (χ3n) is 9.01. The summed E-state index contributed by atoms with van der Waals surface area (Å²) in [6, 6.07) is 13.1. The van der Waals surface area contributed by atoms with Gasteiger partial charge in [-0.25, -0.2) is 0 Å². The monoisotopic (exact) mass is 656 g/mol. The number of benzene rings is 2. The second-order valence-corrected chi connectivity index (χ2v) is 14.6. The first kappa shape index (κ1) is 39.3. The van der Waals surface area contributed by atoms with Crippen LogP contribution in [0, 0.1) is 22.2 Å². The van der Waals surface area contributed by atoms with Crippen LogP contribution in [0.1, 0.15) is 115 Å². The lowest BCUT2D eigenvalue weighted by molar-refractivity contribution is -0.134. The fourth-order valence-corrected chi connectivity index (χ4v) is 6.50. The van der Waals surface area contributed by atoms with Gasteiger partial charge in [0.2, 0.25) is 0 Å². The number of amidine groups is 1. The minimum atomic E-state index is -2.98. The summed E-state index contributed by atoms with van der Waals surface area (Å²) >= 11 is 0. The summed E-state index contributed by atoms with van der Waals surface area (Å²) < 4.78 is 30.8. The number of alkyl halides is 2. The third-order valence-corrected chi connectivity index (χ3v) is 9.01. The van der Waals surface area contributed by atoms with E-state index in [-0.39, 0.29) is 66.1 Å². The summed E-state index contributed by atoms with van der Waals surface area (Å²) in [5.41, 5.74) is 6.74. The number of nitrogens with two attached hydrogens (primary N) is 1. The molecular formula is C36H54F2N6O3. The molecule has 1 fully saturated rings. The molecule has 0 radical (unpaired) electrons. The number of hydrogen-bond donors (Lipinski definition) is 4. The third kappa shape index (κ3) is 9.59. The van der Waals surface area contributed by atoms with Crippen LogP contribution < -0.4 is 21.9 Å². The van der Waals surface area contributed by atoms with Gasteiger partial charge in [0.25, 0.3) is 11.8 Å². The summed E-state index contributed by atoms with van der Waals surface area (Å²) in [6.07, 6.45) is 4.69. The molecule has 1 aliphatic carbocycles. The van der Waals surface area contributed by atoms with Gasteiger partial charge >= 0.3 is 6.61 Å². The zero-order valence-corrected chi connectivity index (χ0v) is 28.0. The molecule has 1 atom stereocenters. The Morgan fingerprint density at radius 1 is 1.11 bits per heavy atom. The number of halogens is 2. The zero-order chi connectivity index (χ0) is 33.2. The molecule has 7 N–H and O–H groups in total. The Hall–Kier alpha value is -3.86. The largest absolute Gasteiger partial charge is 0.435 e. The van der Waals surface area contributed by atoms with Crippen molar-refractivity contribution >= 4 is 23.4 Å². The Kier molecular flexibility index (Phi) is 12.9. The van der Waals surface area contributed by atoms with Crippen molar-refractivity contribution < 1.29 is 23.1 Å². The summed E-state index contributed by atoms with van der Waals surface area (Å²) in [7, 11) is 0. The molecule has 0 aromatic heterocycles. The van der Waals surface area contributed by atoms with E-state index in [0.29, 0.717) is 36.3 Å². The van der Waals surface area contributed by atoms with Crippen LogP contribution in [0.3, 0.4) is 0 Å². The van der Waals surface area contributed by atoms with Gasteiger partial charge in [-0.05, 0) is 85.1 Å². The highest BCUT2D eigenvalue weighted by Gasteiger charge is 2.52. The molecule has 260 valence electrons. The average Bonchev–Trinajstić information content (AvgIpc) is 3.22. The van der Waals surface area contributed by atoms with Crippen LogP contribution in [0.5, 0.6) is 5.75 Å². The van der Waals surface area contributed by atoms with E-state index in [0.717, 1.165) is 24.8 Å². The Morgan fingerprint density at radius 2 is 1.72 bits per heavy atom. The first-order chi connectivity index (χ1) is 21.0. The molecule has 1 saturated carbocycles. The molecule has 2 aromatic rings. The number of nitrogens with one attached hydrogen (secondary N) is 2. The van der Waals surface area contributed by atoms with Gasteiger partial charge in [-0.15, -0.1) is 0 Å². The van der Waals surface area contributed by atoms with Crippen molar-refractivity contribution in [2.75, 3.05) is 6.54 Å². The summed E-state index contributed by atoms with van der Waals surface area (Å²) in [5, 5.41) is 10.0. The van der Waals surface area contributed by atoms with Crippen LogP contribution in [0.25, 0.3) is 0 Å². The molecule has 2 aliphatic rings. The van der Waals surface area contributed by atoms with Gasteiger partial charge < -0.3 is 26.8 Å². The molecule has 1 aliphatic heterocycles. The molecule has 0 bridgehead atoms. The van der Waals surface area contributed by atoms with Crippen molar-refractivity contribution in [3.05, 3.63) is 65.2 Å². The number of carbonyl (C=O) groups excluding carboxylic acids is 2. The zero-order valence-electron chi connectivity index (χ0n) is 28.0. The topological polar surface area (TPSA) is 156 Å². The van der Waals surface area contributed by atoms with Crippen molar-refractivity contribution in [1.82, 2.24) is 16.4 Å². The van der Waals surface area contributed by atoms with Crippen LogP contribution in [-0.2, 0) is 4.79 Å². The number of amides is 2. The van der Waals surface area contributed by atoms with Gasteiger partial charge in [-0.3, -0.25) is 20.0 Å². The number of hydrogen-bond acceptors (Lipinski definition) is 6. The lowest BCUT2D eigenvalue weighted by Crippen LogP contribution is -2.51. The highest BCUT2D eigenvalue weighted by atomic mass is 19.3. The van der Waals surface area contributed by atoms with Crippen molar-refractivity contribution in [3.63, 3.8) is 0 Å². The number of ether oxygens (including phenoxy) is 1. The molecular weight excluding hydrogens is 602 g/mol. The molecule has 47 heavy (non-hydrogen) atoms. The first-order valence-electron chi connectivity index (χ1n) is 15.7. The molecule has 1 spiro atoms. The van der Waals surface area contributed by atoms with Crippen molar-refractivity contribution in [3.8, 4) is 5.75 Å². The van der Waals surface area contributed by atoms with Crippen LogP contribution >= 0.6 is 0 Å². The molecule has 0 unspecified atom stereocenters. The second-order valence-electron chi connectivity index (χ2n) is 14.6. The van der Waals surface area contributed by atoms with E-state index >= 15 is 0 Å². The number of rotatable bonds is 10. The quantitative estimate of drug-likeness (QED) is 0.151. The maximum atomic E-state index is 14.6. The molecule has 1 heterocycles. The van der Waals surface area contributed by atoms with Gasteiger partial charge in [-0.1, -0.05) is 73.2 Å². The summed E-state index contributed by atoms with van der Waals surface area (Å²) in [4.78, 5) is 34.3. The van der Waals surface area contributed by atoms with Crippen LogP contribution in [0.4, 0.5) is 8.78 Å². The molecule has 9 nitrogen and oxygen atoms in total. The highest BCUT2D eigenvalue weighted by molar-refractivity contribution is 6.46. The van der Waals surface area contributed by atoms with Gasteiger partial charge in [-0.2, -0.15) is 8.78 Å². The number of aliphatic imine (C=N–C) groups is 1. The van der Waals surface area contributed by atoms with Gasteiger partial charge in [0.15, 0.2) is 0 Å². The fraction of sp³-hybridized carbons (Fsp3) is 0.556. The number of nitrogens with zero attached hydrogens (tertiary/aromatic N) is 2. The van der Waals surface area contributed by atoms with Crippen molar-refractivity contribution in [1.29, 1.82) is 5.41 Å². The Balaban J connectivity index is 0.00000384. The minimum absolute atomic E-state index is 0. The van der Waals surface area contributed by atoms with Crippen LogP contribution in [0.2, 0.25) is 0 Å². The standard InChI is InChI=1S/C35H47F2N5O3.CH4.H3N/c1-33(2,3)17-16-27(22-10-12-23(13-11-22)30(43)40-21-28(38)39)42-31(44)29(24-8-7-9-26(20-24)45-32(36)37)41-35(42)18-14-25(15-19-35)34(4,5)6;;/h7-13,20,25,27,32H,14-19,21H2,1-6H3,(H3,38,39)(H,40,43);1H4;1H3/t25?,27-,35?;;/m1../s1. The first-order valence-corrected chi connectivity index (χ1v) is 15.7. The maximum absolute atomic E-state index is 14.6. The normalized spacial score (nSPS) is 20.3. The van der Waals surface area contributed by atoms with E-state index < -0.39 is 12.3 Å². The van der Waals surface area contributed by atoms with Crippen molar-refractivity contribution in [2.24, 2.45) is 27.5 Å². The van der Waals surface area contributed by atoms with Gasteiger partial charge in [0.1, 0.15) is 23.0 Å². The molecule has 4 rings (SSSR count). The molecule has 2 amide bonds. The highest BCUT2D eigenvalue weighted by Crippen LogP contribution is 2.50. The van der Waals surface area contributed by atoms with E-state index in [1.54, 1.807) is 24.3 Å². The van der Waals surface area contributed by atoms with Gasteiger partial charge in [0, 0.05) is 11.1 Å². The van der Waals surface area contributed by atoms with Gasteiger partial charge in [0.05, 0.1) is 12.6 Å². The SMILES string of the molecule is C.CC(C)(C)CC[C@H](c1ccc(C(=O)NCC(=N)N)cc1)N1C(=O)C(c2cccc(OC(F)F)c2)=NC12CCC(C(C)(C)C)CC2.N. The van der Waals surface area contributed by atoms with E-state index in [9.17, 15) is 18.4 Å². The minimum Gasteiger partial charge on any atom is -0.435 e. The lowest BCUT2D eigenvalue weighted by Gasteiger charge is -2.47. The average molecular weight is 657 g/mol. The van der Waals surface area contributed by atoms with Crippen LogP contribution in [-0.4, -0.2) is 47.1 Å². The predicted molar refractivity (Wildman–Crippen MR) is 184 cm³/mol. The Labute approximate surface area is 278 Å². The Bertz CT molecular complexity index is 1420. The van der Waals surface area contributed by atoms with E-state index in [1.807, 2.05) is 17.0 Å². The van der Waals surface area contributed by atoms with Crippen molar-refractivity contribution in [2.45, 2.75) is 106 Å². The van der Waals surface area contributed by atoms with E-state index in [1.165, 1.54) is 12.1 Å². The smallest absolute Gasteiger partial charge is 0.387 e. The maximum Gasteiger partial charge on any atom is 0.387 e. The predicted octanol–water partition coefficient (Wildman–Crippen LogP) is 7.88. The Morgan fingerprint density at radius 3 is 2.26 bits per heavy atom. The van der Waals surface area contributed by atoms with Crippen LogP contribution in [0.15, 0.2) is 53.5 Å². The fourth-order valence-electron chi connectivity index (χ4n) is 6.50. The molecule has 2 aromatic carbocycles. The summed E-state index contributed by atoms with van der Waals surface area (Å²) in [5.74, 6) is -0.259. The molecule has 11 heteroatoms. The van der Waals surface area contributed by atoms with E-state index in [2.05, 4.69) is 51.6 Å². The second kappa shape index (κ2) is 15.4. The van der Waals surface area contributed by atoms with E-state index in [4.69, 9.17) is 16.1 Å². The molecule has 0 saturated heterocycles. The lowest BCUT2D eigenvalue weighted by atomic mass is 9.69. The summed E-state index contributed by atoms with van der Waals surface area (Å²) in [6.45, 7) is 10.2. The number of carbonyl (C=O) groups is 2.